The van der Waals surface area contributed by atoms with Gasteiger partial charge < -0.3 is 29.3 Å². The van der Waals surface area contributed by atoms with Crippen molar-refractivity contribution in [3.8, 4) is 11.1 Å². The molecule has 3 rings (SSSR count). The Hall–Kier alpha value is -2.98. The predicted octanol–water partition coefficient (Wildman–Crippen LogP) is 5.51. The lowest BCUT2D eigenvalue weighted by Gasteiger charge is -2.23. The second-order valence-electron chi connectivity index (χ2n) is 9.94. The van der Waals surface area contributed by atoms with Gasteiger partial charge in [0.25, 0.3) is 0 Å². The Labute approximate surface area is 242 Å². The van der Waals surface area contributed by atoms with Crippen LogP contribution in [0.3, 0.4) is 0 Å². The first-order chi connectivity index (χ1) is 19.4. The molecule has 1 aliphatic rings. The van der Waals surface area contributed by atoms with Crippen molar-refractivity contribution in [1.29, 1.82) is 0 Å². The highest BCUT2D eigenvalue weighted by Gasteiger charge is 2.25. The largest absolute Gasteiger partial charge is 0.511 e. The fraction of sp³-hybridized carbons (Fsp3) is 0.464. The summed E-state index contributed by atoms with van der Waals surface area (Å²) >= 11 is 6.02. The monoisotopic (exact) mass is 613 g/mol. The molecule has 1 fully saturated rings. The van der Waals surface area contributed by atoms with E-state index >= 15 is 0 Å². The Kier molecular flexibility index (Phi) is 12.1. The number of halogens is 2. The molecular formula is C28H34ClFNO9P. The van der Waals surface area contributed by atoms with Gasteiger partial charge in [0.2, 0.25) is 12.2 Å². The summed E-state index contributed by atoms with van der Waals surface area (Å²) in [5, 5.41) is 3.00. The van der Waals surface area contributed by atoms with Crippen LogP contribution in [0.2, 0.25) is 5.02 Å². The lowest BCUT2D eigenvalue weighted by Crippen LogP contribution is -2.39. The number of hydrogen-bond acceptors (Lipinski definition) is 7. The summed E-state index contributed by atoms with van der Waals surface area (Å²) < 4.78 is 41.6. The van der Waals surface area contributed by atoms with Crippen molar-refractivity contribution < 1.29 is 47.3 Å². The van der Waals surface area contributed by atoms with Crippen molar-refractivity contribution in [2.24, 2.45) is 0 Å². The number of rotatable bonds is 12. The molecule has 2 atom stereocenters. The first kappa shape index (κ1) is 32.5. The molecule has 2 aromatic rings. The number of carbonyl (C=O) groups excluding carboxylic acids is 3. The Morgan fingerprint density at radius 1 is 1.10 bits per heavy atom. The van der Waals surface area contributed by atoms with E-state index in [2.05, 4.69) is 5.32 Å². The van der Waals surface area contributed by atoms with E-state index in [1.54, 1.807) is 36.4 Å². The summed E-state index contributed by atoms with van der Waals surface area (Å²) in [7, 11) is -4.42. The zero-order chi connectivity index (χ0) is 30.0. The second kappa shape index (κ2) is 15.3. The molecule has 1 amide bonds. The second-order valence-corrected chi connectivity index (χ2v) is 12.2. The maximum atomic E-state index is 15.0. The molecule has 0 saturated heterocycles. The van der Waals surface area contributed by atoms with Gasteiger partial charge in [-0.25, -0.2) is 9.18 Å². The average molecular weight is 614 g/mol. The number of carbonyl (C=O) groups is 3. The quantitative estimate of drug-likeness (QED) is 0.160. The van der Waals surface area contributed by atoms with Gasteiger partial charge in [-0.15, -0.1) is 0 Å². The number of nitrogens with one attached hydrogen (secondary N) is 1. The van der Waals surface area contributed by atoms with Gasteiger partial charge in [-0.1, -0.05) is 42.3 Å². The van der Waals surface area contributed by atoms with Crippen LogP contribution >= 0.6 is 19.2 Å². The highest BCUT2D eigenvalue weighted by molar-refractivity contribution is 7.51. The Morgan fingerprint density at radius 2 is 1.83 bits per heavy atom. The normalized spacial score (nSPS) is 15.4. The van der Waals surface area contributed by atoms with Crippen molar-refractivity contribution in [3.05, 3.63) is 58.9 Å². The molecule has 0 radical (unpaired) electrons. The third-order valence-electron chi connectivity index (χ3n) is 6.43. The summed E-state index contributed by atoms with van der Waals surface area (Å²) in [6.45, 7) is 1.34. The van der Waals surface area contributed by atoms with E-state index in [9.17, 15) is 23.3 Å². The van der Waals surface area contributed by atoms with Crippen molar-refractivity contribution >= 4 is 37.2 Å². The Balaban J connectivity index is 1.63. The van der Waals surface area contributed by atoms with Gasteiger partial charge in [0, 0.05) is 30.0 Å². The van der Waals surface area contributed by atoms with Crippen molar-refractivity contribution in [2.45, 2.75) is 76.7 Å². The number of benzene rings is 2. The predicted molar refractivity (Wildman–Crippen MR) is 149 cm³/mol. The molecule has 1 aliphatic carbocycles. The molecular weight excluding hydrogens is 580 g/mol. The van der Waals surface area contributed by atoms with E-state index in [4.69, 9.17) is 35.6 Å². The lowest BCUT2D eigenvalue weighted by molar-refractivity contribution is -0.169. The molecule has 0 heterocycles. The molecule has 0 aliphatic heterocycles. The fourth-order valence-electron chi connectivity index (χ4n) is 4.52. The molecule has 0 aromatic heterocycles. The Morgan fingerprint density at radius 3 is 2.49 bits per heavy atom. The maximum Gasteiger partial charge on any atom is 0.511 e. The molecule has 224 valence electrons. The topological polar surface area (TPSA) is 148 Å². The Bertz CT molecular complexity index is 1260. The van der Waals surface area contributed by atoms with Crippen molar-refractivity contribution in [2.75, 3.05) is 6.16 Å². The van der Waals surface area contributed by atoms with Crippen molar-refractivity contribution in [3.63, 3.8) is 0 Å². The van der Waals surface area contributed by atoms with Gasteiger partial charge in [0.05, 0.1) is 12.6 Å². The van der Waals surface area contributed by atoms with Crippen LogP contribution in [-0.4, -0.2) is 52.4 Å². The standard InChI is InChI=1S/C28H34ClFNO9P/c1-18(39-28(34)40-23-8-3-2-4-9-23)38-27(33)17-22(31-26(32)12-13-41(35,36)37)14-19-10-11-24(25(30)15-19)20-6-5-7-21(29)16-20/h5-7,10-11,15-16,18,22-23H,2-4,8-9,12-14,17H2,1H3,(H,31,32)(H2,35,36,37)/t18-,22+/m0/s1. The highest BCUT2D eigenvalue weighted by Crippen LogP contribution is 2.34. The maximum absolute atomic E-state index is 15.0. The summed E-state index contributed by atoms with van der Waals surface area (Å²) in [5.74, 6) is -2.07. The SMILES string of the molecule is C[C@@H](OC(=O)C[C@@H](Cc1ccc(-c2cccc(Cl)c2)c(F)c1)NC(=O)CCP(=O)(O)O)OC(=O)OC1CCCCC1. The van der Waals surface area contributed by atoms with Crippen LogP contribution in [0.1, 0.15) is 57.4 Å². The number of hydrogen-bond donors (Lipinski definition) is 3. The smallest absolute Gasteiger partial charge is 0.431 e. The van der Waals surface area contributed by atoms with Crippen molar-refractivity contribution in [1.82, 2.24) is 5.32 Å². The van der Waals surface area contributed by atoms with Crippen LogP contribution in [0.4, 0.5) is 9.18 Å². The van der Waals surface area contributed by atoms with Gasteiger partial charge >= 0.3 is 19.7 Å². The van der Waals surface area contributed by atoms with E-state index in [0.717, 1.165) is 32.1 Å². The molecule has 2 aromatic carbocycles. The van der Waals surface area contributed by atoms with Crippen LogP contribution < -0.4 is 5.32 Å². The van der Waals surface area contributed by atoms with E-state index in [0.29, 0.717) is 21.7 Å². The molecule has 0 unspecified atom stereocenters. The van der Waals surface area contributed by atoms with E-state index in [-0.39, 0.29) is 18.9 Å². The first-order valence-electron chi connectivity index (χ1n) is 13.3. The lowest BCUT2D eigenvalue weighted by atomic mass is 9.98. The van der Waals surface area contributed by atoms with E-state index in [1.807, 2.05) is 0 Å². The first-order valence-corrected chi connectivity index (χ1v) is 15.5. The number of ether oxygens (including phenoxy) is 3. The van der Waals surface area contributed by atoms with Crippen LogP contribution in [0, 0.1) is 5.82 Å². The van der Waals surface area contributed by atoms with E-state index < -0.39 is 56.4 Å². The minimum atomic E-state index is -4.42. The highest BCUT2D eigenvalue weighted by atomic mass is 35.5. The zero-order valence-electron chi connectivity index (χ0n) is 22.6. The molecule has 41 heavy (non-hydrogen) atoms. The molecule has 0 bridgehead atoms. The summed E-state index contributed by atoms with van der Waals surface area (Å²) in [6.07, 6.45) is 0.490. The third-order valence-corrected chi connectivity index (χ3v) is 7.48. The van der Waals surface area contributed by atoms with Gasteiger partial charge in [-0.05, 0) is 61.4 Å². The average Bonchev–Trinajstić information content (AvgIpc) is 2.87. The van der Waals surface area contributed by atoms with Crippen LogP contribution in [0.15, 0.2) is 42.5 Å². The molecule has 0 spiro atoms. The molecule has 3 N–H and O–H groups in total. The van der Waals surface area contributed by atoms with Crippen LogP contribution in [0.25, 0.3) is 11.1 Å². The summed E-state index contributed by atoms with van der Waals surface area (Å²) in [5.41, 5.74) is 1.33. The third kappa shape index (κ3) is 11.8. The van der Waals surface area contributed by atoms with Gasteiger partial charge in [-0.3, -0.25) is 14.2 Å². The zero-order valence-corrected chi connectivity index (χ0v) is 24.2. The molecule has 10 nitrogen and oxygen atoms in total. The van der Waals surface area contributed by atoms with Gasteiger partial charge in [0.15, 0.2) is 0 Å². The fourth-order valence-corrected chi connectivity index (χ4v) is 5.21. The van der Waals surface area contributed by atoms with Gasteiger partial charge in [-0.2, -0.15) is 0 Å². The number of esters is 1. The van der Waals surface area contributed by atoms with Crippen LogP contribution in [-0.2, 0) is 34.8 Å². The molecule has 1 saturated carbocycles. The molecule has 13 heteroatoms. The summed E-state index contributed by atoms with van der Waals surface area (Å²) in [6, 6.07) is 10.2. The van der Waals surface area contributed by atoms with E-state index in [1.165, 1.54) is 13.0 Å². The summed E-state index contributed by atoms with van der Waals surface area (Å²) in [4.78, 5) is 55.2. The number of amides is 1. The minimum absolute atomic E-state index is 0.00244. The van der Waals surface area contributed by atoms with Gasteiger partial charge in [0.1, 0.15) is 11.9 Å². The minimum Gasteiger partial charge on any atom is -0.431 e. The van der Waals surface area contributed by atoms with Crippen LogP contribution in [0.5, 0.6) is 0 Å².